The zero-order chi connectivity index (χ0) is 34.2. The Morgan fingerprint density at radius 2 is 0.913 bits per heavy atom. The summed E-state index contributed by atoms with van der Waals surface area (Å²) in [6, 6.07) is 27.0. The van der Waals surface area contributed by atoms with Gasteiger partial charge < -0.3 is 14.6 Å². The van der Waals surface area contributed by atoms with Crippen molar-refractivity contribution >= 4 is 23.7 Å². The van der Waals surface area contributed by atoms with Crippen LogP contribution in [-0.4, -0.2) is 43.7 Å². The molecule has 0 spiro atoms. The number of phenolic OH excluding ortho intramolecular Hbond substituents is 1. The maximum atomic E-state index is 12.0. The van der Waals surface area contributed by atoms with Crippen LogP contribution in [0.25, 0.3) is 12.2 Å². The highest BCUT2D eigenvalue weighted by atomic mass is 19.1. The fourth-order valence-corrected chi connectivity index (χ4v) is 3.36. The van der Waals surface area contributed by atoms with Gasteiger partial charge in [0.2, 0.25) is 13.7 Å². The largest absolute Gasteiger partial charge is 0.508 e. The molecule has 0 saturated heterocycles. The highest BCUT2D eigenvalue weighted by Crippen LogP contribution is 2.16. The van der Waals surface area contributed by atoms with Crippen molar-refractivity contribution in [2.45, 2.75) is 20.8 Å². The monoisotopic (exact) mass is 638 g/mol. The average molecular weight is 639 g/mol. The Labute approximate surface area is 267 Å². The topological polar surface area (TPSA) is 72.8 Å². The van der Waals surface area contributed by atoms with Crippen molar-refractivity contribution in [1.82, 2.24) is 0 Å². The summed E-state index contributed by atoms with van der Waals surface area (Å²) in [7, 11) is 0. The van der Waals surface area contributed by atoms with E-state index in [1.807, 2.05) is 19.1 Å². The van der Waals surface area contributed by atoms with E-state index in [-0.39, 0.29) is 30.7 Å². The van der Waals surface area contributed by atoms with E-state index in [0.717, 1.165) is 16.7 Å². The fraction of sp³-hybridized carbons (Fsp3) is 0.189. The Kier molecular flexibility index (Phi) is 19.6. The molecule has 0 saturated carbocycles. The highest BCUT2D eigenvalue weighted by molar-refractivity contribution is 6.07. The van der Waals surface area contributed by atoms with Crippen LogP contribution < -0.4 is 9.47 Å². The van der Waals surface area contributed by atoms with Crippen molar-refractivity contribution < 1.29 is 41.7 Å². The molecule has 0 bridgehead atoms. The first-order valence-corrected chi connectivity index (χ1v) is 14.2. The lowest BCUT2D eigenvalue weighted by Gasteiger charge is -2.00. The van der Waals surface area contributed by atoms with Gasteiger partial charge in [-0.15, -0.1) is 0 Å². The van der Waals surface area contributed by atoms with Crippen molar-refractivity contribution in [3.8, 4) is 17.2 Å². The van der Waals surface area contributed by atoms with E-state index in [1.54, 1.807) is 84.9 Å². The molecule has 0 heterocycles. The lowest BCUT2D eigenvalue weighted by atomic mass is 10.1. The van der Waals surface area contributed by atoms with Crippen LogP contribution in [0, 0.1) is 6.92 Å². The number of phenols is 1. The smallest absolute Gasteiger partial charge is 0.228 e. The Morgan fingerprint density at radius 1 is 0.587 bits per heavy atom. The van der Waals surface area contributed by atoms with Crippen molar-refractivity contribution in [2.75, 3.05) is 27.1 Å². The number of rotatable bonds is 10. The Balaban J connectivity index is 0.000000393. The van der Waals surface area contributed by atoms with E-state index in [2.05, 4.69) is 4.74 Å². The molecular weight excluding hydrogens is 600 g/mol. The van der Waals surface area contributed by atoms with Crippen LogP contribution in [0.4, 0.5) is 17.6 Å². The van der Waals surface area contributed by atoms with Crippen molar-refractivity contribution in [1.29, 1.82) is 0 Å². The number of benzene rings is 4. The molecule has 0 aliphatic heterocycles. The van der Waals surface area contributed by atoms with Gasteiger partial charge in [-0.1, -0.05) is 66.2 Å². The highest BCUT2D eigenvalue weighted by Gasteiger charge is 2.02. The first-order chi connectivity index (χ1) is 22.2. The predicted octanol–water partition coefficient (Wildman–Crippen LogP) is 9.74. The van der Waals surface area contributed by atoms with E-state index in [9.17, 15) is 27.2 Å². The zero-order valence-electron chi connectivity index (χ0n) is 26.0. The summed E-state index contributed by atoms with van der Waals surface area (Å²) in [5.74, 6) is 0.821. The van der Waals surface area contributed by atoms with Crippen LogP contribution in [-0.2, 0) is 0 Å². The number of halogens is 4. The second kappa shape index (κ2) is 23.2. The van der Waals surface area contributed by atoms with Crippen molar-refractivity contribution in [3.63, 3.8) is 0 Å². The summed E-state index contributed by atoms with van der Waals surface area (Å²) < 4.78 is 53.9. The molecule has 0 aliphatic rings. The third-order valence-electron chi connectivity index (χ3n) is 5.54. The Bertz CT molecular complexity index is 1350. The number of aryl methyl sites for hydroxylation is 1. The summed E-state index contributed by atoms with van der Waals surface area (Å²) in [5.41, 5.74) is 3.94. The molecule has 0 atom stereocenters. The lowest BCUT2D eigenvalue weighted by Crippen LogP contribution is -1.93. The van der Waals surface area contributed by atoms with Crippen LogP contribution in [0.3, 0.4) is 0 Å². The maximum Gasteiger partial charge on any atom is 0.228 e. The van der Waals surface area contributed by atoms with Gasteiger partial charge in [0, 0.05) is 11.1 Å². The first kappa shape index (κ1) is 38.8. The summed E-state index contributed by atoms with van der Waals surface area (Å²) in [4.78, 5) is 23.8. The van der Waals surface area contributed by atoms with Gasteiger partial charge in [0.15, 0.2) is 11.6 Å². The minimum atomic E-state index is -0.867. The first-order valence-electron chi connectivity index (χ1n) is 14.2. The molecule has 244 valence electrons. The molecule has 4 aromatic carbocycles. The van der Waals surface area contributed by atoms with Crippen LogP contribution in [0.15, 0.2) is 109 Å². The average Bonchev–Trinajstić information content (AvgIpc) is 3.06. The normalized spacial score (nSPS) is 10.1. The van der Waals surface area contributed by atoms with Gasteiger partial charge >= 0.3 is 0 Å². The maximum absolute atomic E-state index is 12.0. The Hall–Kier alpha value is -5.18. The zero-order valence-corrected chi connectivity index (χ0v) is 26.0. The number of hydrogen-bond donors (Lipinski definition) is 1. The summed E-state index contributed by atoms with van der Waals surface area (Å²) in [6.07, 6.45) is 6.35. The van der Waals surface area contributed by atoms with Crippen LogP contribution in [0.1, 0.15) is 51.3 Å². The number of allylic oxidation sites excluding steroid dienone is 2. The summed E-state index contributed by atoms with van der Waals surface area (Å²) >= 11 is 0. The molecule has 46 heavy (non-hydrogen) atoms. The van der Waals surface area contributed by atoms with Gasteiger partial charge in [-0.05, 0) is 92.6 Å². The molecule has 5 nitrogen and oxygen atoms in total. The molecule has 4 aromatic rings. The van der Waals surface area contributed by atoms with Gasteiger partial charge in [0.25, 0.3) is 0 Å². The molecule has 0 amide bonds. The SMILES string of the molecule is CCF.CCF.Cc1ccc(C(=O)C=Cc2ccc(OCF)cc2)cc1.O=C(C=Cc1ccc(OCF)cc1)c1ccc(O)cc1. The second-order valence-corrected chi connectivity index (χ2v) is 8.99. The molecule has 0 aliphatic carbocycles. The van der Waals surface area contributed by atoms with E-state index in [4.69, 9.17) is 9.84 Å². The van der Waals surface area contributed by atoms with Crippen LogP contribution in [0.2, 0.25) is 0 Å². The lowest BCUT2D eigenvalue weighted by molar-refractivity contribution is 0.103. The van der Waals surface area contributed by atoms with Gasteiger partial charge in [-0.25, -0.2) is 8.78 Å². The molecule has 0 radical (unpaired) electrons. The van der Waals surface area contributed by atoms with Gasteiger partial charge in [-0.2, -0.15) is 0 Å². The quantitative estimate of drug-likeness (QED) is 0.106. The molecule has 0 aromatic heterocycles. The third-order valence-corrected chi connectivity index (χ3v) is 5.54. The molecule has 4 rings (SSSR count). The van der Waals surface area contributed by atoms with Crippen LogP contribution >= 0.6 is 0 Å². The van der Waals surface area contributed by atoms with Crippen LogP contribution in [0.5, 0.6) is 17.2 Å². The van der Waals surface area contributed by atoms with E-state index in [0.29, 0.717) is 22.6 Å². The molecule has 1 N–H and O–H groups in total. The number of ether oxygens (including phenoxy) is 2. The third kappa shape index (κ3) is 16.0. The number of aromatic hydroxyl groups is 1. The fourth-order valence-electron chi connectivity index (χ4n) is 3.36. The van der Waals surface area contributed by atoms with E-state index < -0.39 is 13.7 Å². The van der Waals surface area contributed by atoms with Gasteiger partial charge in [-0.3, -0.25) is 18.4 Å². The number of carbonyl (C=O) groups is 2. The number of alkyl halides is 4. The molecule has 0 unspecified atom stereocenters. The minimum absolute atomic E-state index is 0.0471. The van der Waals surface area contributed by atoms with Gasteiger partial charge in [0.1, 0.15) is 17.2 Å². The number of hydrogen-bond acceptors (Lipinski definition) is 5. The van der Waals surface area contributed by atoms with Crippen molar-refractivity contribution in [2.24, 2.45) is 0 Å². The standard InChI is InChI=1S/C17H15FO2.C16H13FO3.2C2H5F/c1-13-2-7-15(8-3-13)17(19)11-6-14-4-9-16(10-5-14)20-12-18;17-11-20-15-8-1-12(2-9-15)3-10-16(19)13-4-6-14(18)7-5-13;2*1-2-3/h2-11H,12H2,1H3;1-10,18H,11H2;2*2H2,1H3. The minimum Gasteiger partial charge on any atom is -0.508 e. The molecular formula is C37H38F4O5. The number of ketones is 2. The van der Waals surface area contributed by atoms with E-state index in [1.165, 1.54) is 38.1 Å². The second-order valence-electron chi connectivity index (χ2n) is 8.99. The summed E-state index contributed by atoms with van der Waals surface area (Å²) in [6.45, 7) is 2.68. The Morgan fingerprint density at radius 3 is 1.24 bits per heavy atom. The number of carbonyl (C=O) groups excluding carboxylic acids is 2. The van der Waals surface area contributed by atoms with Crippen molar-refractivity contribution in [3.05, 3.63) is 137 Å². The predicted molar refractivity (Wildman–Crippen MR) is 175 cm³/mol. The molecule has 9 heteroatoms. The molecule has 0 fully saturated rings. The van der Waals surface area contributed by atoms with Gasteiger partial charge in [0.05, 0.1) is 13.3 Å². The van der Waals surface area contributed by atoms with E-state index >= 15 is 0 Å². The summed E-state index contributed by atoms with van der Waals surface area (Å²) in [5, 5.41) is 9.15.